The summed E-state index contributed by atoms with van der Waals surface area (Å²) in [5.74, 6) is -0.943. The molecule has 8 nitrogen and oxygen atoms in total. The second-order valence-electron chi connectivity index (χ2n) is 8.25. The van der Waals surface area contributed by atoms with E-state index in [0.29, 0.717) is 38.3 Å². The Morgan fingerprint density at radius 1 is 0.892 bits per heavy atom. The summed E-state index contributed by atoms with van der Waals surface area (Å²) in [6.45, 7) is 0. The van der Waals surface area contributed by atoms with Gasteiger partial charge in [0.05, 0.1) is 10.6 Å². The molecule has 4 aromatic carbocycles. The fourth-order valence-electron chi connectivity index (χ4n) is 4.17. The first-order valence-electron chi connectivity index (χ1n) is 11.3. The van der Waals surface area contributed by atoms with Crippen molar-refractivity contribution in [3.63, 3.8) is 0 Å². The van der Waals surface area contributed by atoms with E-state index in [1.165, 1.54) is 18.2 Å². The number of carbonyl (C=O) groups excluding carboxylic acids is 2. The summed E-state index contributed by atoms with van der Waals surface area (Å²) in [5, 5.41) is 13.8. The van der Waals surface area contributed by atoms with Crippen molar-refractivity contribution >= 4 is 39.2 Å². The van der Waals surface area contributed by atoms with Gasteiger partial charge < -0.3 is 14.8 Å². The molecule has 4 aromatic rings. The number of fused-ring (bicyclic) bond motifs is 2. The topological polar surface area (TPSA) is 108 Å². The maximum Gasteiger partial charge on any atom is 0.319 e. The number of non-ortho nitro benzene ring substituents is 1. The number of nitro groups is 1. The fourth-order valence-corrected chi connectivity index (χ4v) is 4.63. The average molecular weight is 559 g/mol. The normalized spacial score (nSPS) is 12.9. The smallest absolute Gasteiger partial charge is 0.319 e. The van der Waals surface area contributed by atoms with E-state index < -0.39 is 28.8 Å². The molecule has 9 heteroatoms. The van der Waals surface area contributed by atoms with Crippen molar-refractivity contribution < 1.29 is 24.0 Å². The number of anilines is 1. The minimum absolute atomic E-state index is 0.132. The molecule has 1 N–H and O–H groups in total. The summed E-state index contributed by atoms with van der Waals surface area (Å²) in [5.41, 5.74) is 1.91. The second-order valence-corrected chi connectivity index (χ2v) is 9.10. The maximum atomic E-state index is 13.7. The Morgan fingerprint density at radius 3 is 2.08 bits per heavy atom. The SMILES string of the molecule is O=C(Nc1ccc([N+](=O)[O-])cc1Br)C(OC(=O)C1c2ccccc2Oc2ccccc21)c1ccccc1. The lowest BCUT2D eigenvalue weighted by atomic mass is 9.88. The van der Waals surface area contributed by atoms with E-state index in [1.54, 1.807) is 54.6 Å². The number of carbonyl (C=O) groups is 2. The first-order chi connectivity index (χ1) is 17.9. The third kappa shape index (κ3) is 4.94. The number of halogens is 1. The number of ether oxygens (including phenoxy) is 2. The van der Waals surface area contributed by atoms with Gasteiger partial charge in [-0.1, -0.05) is 66.7 Å². The highest BCUT2D eigenvalue weighted by atomic mass is 79.9. The Kier molecular flexibility index (Phi) is 6.70. The van der Waals surface area contributed by atoms with Crippen molar-refractivity contribution in [2.45, 2.75) is 12.0 Å². The van der Waals surface area contributed by atoms with E-state index >= 15 is 0 Å². The van der Waals surface area contributed by atoms with E-state index in [0.717, 1.165) is 0 Å². The molecule has 184 valence electrons. The highest BCUT2D eigenvalue weighted by molar-refractivity contribution is 9.10. The Labute approximate surface area is 220 Å². The number of benzene rings is 4. The number of hydrogen-bond acceptors (Lipinski definition) is 6. The molecule has 0 aliphatic carbocycles. The third-order valence-electron chi connectivity index (χ3n) is 5.91. The second kappa shape index (κ2) is 10.2. The molecule has 1 heterocycles. The van der Waals surface area contributed by atoms with Gasteiger partial charge in [-0.25, -0.2) is 0 Å². The average Bonchev–Trinajstić information content (AvgIpc) is 2.91. The number of rotatable bonds is 6. The molecule has 1 atom stereocenters. The zero-order valence-electron chi connectivity index (χ0n) is 19.2. The number of nitro benzene ring substituents is 1. The summed E-state index contributed by atoms with van der Waals surface area (Å²) in [4.78, 5) is 37.7. The lowest BCUT2D eigenvalue weighted by Gasteiger charge is -2.28. The predicted octanol–water partition coefficient (Wildman–Crippen LogP) is 6.52. The van der Waals surface area contributed by atoms with Gasteiger partial charge in [0, 0.05) is 33.3 Å². The van der Waals surface area contributed by atoms with Crippen LogP contribution < -0.4 is 10.1 Å². The minimum atomic E-state index is -1.28. The molecule has 0 aromatic heterocycles. The van der Waals surface area contributed by atoms with Crippen LogP contribution in [0.4, 0.5) is 11.4 Å². The van der Waals surface area contributed by atoms with Crippen LogP contribution in [-0.4, -0.2) is 16.8 Å². The maximum absolute atomic E-state index is 13.7. The van der Waals surface area contributed by atoms with E-state index in [1.807, 2.05) is 24.3 Å². The molecule has 1 aliphatic heterocycles. The summed E-state index contributed by atoms with van der Waals surface area (Å²) in [6, 6.07) is 27.0. The van der Waals surface area contributed by atoms with Gasteiger partial charge in [0.1, 0.15) is 17.4 Å². The van der Waals surface area contributed by atoms with Crippen molar-refractivity contribution in [3.8, 4) is 11.5 Å². The van der Waals surface area contributed by atoms with Crippen LogP contribution in [0, 0.1) is 10.1 Å². The zero-order chi connectivity index (χ0) is 25.9. The molecular formula is C28H19BrN2O6. The van der Waals surface area contributed by atoms with Gasteiger partial charge in [-0.2, -0.15) is 0 Å². The molecule has 0 fully saturated rings. The Balaban J connectivity index is 1.47. The van der Waals surface area contributed by atoms with Gasteiger partial charge in [-0.15, -0.1) is 0 Å². The van der Waals surface area contributed by atoms with Crippen LogP contribution >= 0.6 is 15.9 Å². The van der Waals surface area contributed by atoms with Gasteiger partial charge in [0.15, 0.2) is 0 Å². The molecule has 0 saturated heterocycles. The first kappa shape index (κ1) is 24.2. The van der Waals surface area contributed by atoms with Gasteiger partial charge in [0.2, 0.25) is 6.10 Å². The largest absolute Gasteiger partial charge is 0.457 e. The number of esters is 1. The van der Waals surface area contributed by atoms with E-state index in [2.05, 4.69) is 21.2 Å². The first-order valence-corrected chi connectivity index (χ1v) is 12.1. The molecule has 0 bridgehead atoms. The number of amides is 1. The lowest BCUT2D eigenvalue weighted by Crippen LogP contribution is -2.29. The van der Waals surface area contributed by atoms with Crippen LogP contribution in [-0.2, 0) is 14.3 Å². The minimum Gasteiger partial charge on any atom is -0.457 e. The van der Waals surface area contributed by atoms with Crippen molar-refractivity contribution in [1.82, 2.24) is 0 Å². The molecule has 5 rings (SSSR count). The molecule has 0 saturated carbocycles. The fraction of sp³-hybridized carbons (Fsp3) is 0.0714. The van der Waals surface area contributed by atoms with Crippen LogP contribution in [0.15, 0.2) is 102 Å². The molecule has 0 radical (unpaired) electrons. The van der Waals surface area contributed by atoms with Gasteiger partial charge in [-0.05, 0) is 34.1 Å². The summed E-state index contributed by atoms with van der Waals surface area (Å²) in [6.07, 6.45) is -1.28. The molecule has 1 amide bonds. The van der Waals surface area contributed by atoms with Crippen LogP contribution in [0.1, 0.15) is 28.7 Å². The molecule has 0 spiro atoms. The molecule has 1 unspecified atom stereocenters. The molecule has 37 heavy (non-hydrogen) atoms. The summed E-state index contributed by atoms with van der Waals surface area (Å²) < 4.78 is 12.2. The number of nitrogens with one attached hydrogen (secondary N) is 1. The number of hydrogen-bond donors (Lipinski definition) is 1. The Bertz CT molecular complexity index is 1460. The van der Waals surface area contributed by atoms with Gasteiger partial charge in [-0.3, -0.25) is 19.7 Å². The predicted molar refractivity (Wildman–Crippen MR) is 140 cm³/mol. The van der Waals surface area contributed by atoms with E-state index in [-0.39, 0.29) is 5.69 Å². The van der Waals surface area contributed by atoms with Crippen LogP contribution in [0.3, 0.4) is 0 Å². The van der Waals surface area contributed by atoms with E-state index in [4.69, 9.17) is 9.47 Å². The number of nitrogens with zero attached hydrogens (tertiary/aromatic N) is 1. The highest BCUT2D eigenvalue weighted by Gasteiger charge is 2.36. The lowest BCUT2D eigenvalue weighted by molar-refractivity contribution is -0.384. The van der Waals surface area contributed by atoms with Gasteiger partial charge in [0.25, 0.3) is 11.6 Å². The Hall–Kier alpha value is -4.50. The standard InChI is InChI=1S/C28H19BrN2O6/c29-21-16-18(31(34)35)14-15-22(21)30-27(32)26(17-8-2-1-3-9-17)37-28(33)25-19-10-4-6-12-23(19)36-24-13-7-5-11-20(24)25/h1-16,25-26H,(H,30,32). The molecular weight excluding hydrogens is 540 g/mol. The molecule has 1 aliphatic rings. The zero-order valence-corrected chi connectivity index (χ0v) is 20.8. The summed E-state index contributed by atoms with van der Waals surface area (Å²) in [7, 11) is 0. The van der Waals surface area contributed by atoms with Crippen molar-refractivity contribution in [3.05, 3.63) is 128 Å². The Morgan fingerprint density at radius 2 is 1.49 bits per heavy atom. The van der Waals surface area contributed by atoms with E-state index in [9.17, 15) is 19.7 Å². The summed E-state index contributed by atoms with van der Waals surface area (Å²) >= 11 is 3.26. The van der Waals surface area contributed by atoms with Crippen molar-refractivity contribution in [1.29, 1.82) is 0 Å². The van der Waals surface area contributed by atoms with Crippen LogP contribution in [0.25, 0.3) is 0 Å². The van der Waals surface area contributed by atoms with Crippen molar-refractivity contribution in [2.24, 2.45) is 0 Å². The quantitative estimate of drug-likeness (QED) is 0.164. The van der Waals surface area contributed by atoms with Gasteiger partial charge >= 0.3 is 5.97 Å². The monoisotopic (exact) mass is 558 g/mol. The van der Waals surface area contributed by atoms with Crippen LogP contribution in [0.2, 0.25) is 0 Å². The van der Waals surface area contributed by atoms with Crippen molar-refractivity contribution in [2.75, 3.05) is 5.32 Å². The van der Waals surface area contributed by atoms with Crippen LogP contribution in [0.5, 0.6) is 11.5 Å². The number of para-hydroxylation sites is 2. The highest BCUT2D eigenvalue weighted by Crippen LogP contribution is 2.45. The third-order valence-corrected chi connectivity index (χ3v) is 6.57.